The molecule has 0 bridgehead atoms. The van der Waals surface area contributed by atoms with E-state index in [0.717, 1.165) is 0 Å². The fraction of sp³-hybridized carbons (Fsp3) is 0.125. The van der Waals surface area contributed by atoms with E-state index in [1.807, 2.05) is 0 Å². The Morgan fingerprint density at radius 1 is 1.08 bits per heavy atom. The van der Waals surface area contributed by atoms with Crippen molar-refractivity contribution >= 4 is 52.4 Å². The number of phenolic OH excluding ortho intramolecular Hbond substituents is 1. The molecule has 0 saturated carbocycles. The van der Waals surface area contributed by atoms with Crippen LogP contribution in [-0.2, 0) is 9.53 Å². The number of hydrogen-bond acceptors (Lipinski definition) is 4. The van der Waals surface area contributed by atoms with Gasteiger partial charge >= 0.3 is 5.97 Å². The molecule has 2 N–H and O–H groups in total. The smallest absolute Gasteiger partial charge is 0.342 e. The first-order valence-electron chi connectivity index (χ1n) is 6.74. The van der Waals surface area contributed by atoms with Gasteiger partial charge < -0.3 is 15.2 Å². The zero-order valence-corrected chi connectivity index (χ0v) is 14.6. The summed E-state index contributed by atoms with van der Waals surface area (Å²) in [5, 5.41) is 12.8. The lowest BCUT2D eigenvalue weighted by Crippen LogP contribution is -2.30. The Morgan fingerprint density at radius 3 is 2.38 bits per heavy atom. The van der Waals surface area contributed by atoms with Crippen molar-refractivity contribution in [3.05, 3.63) is 57.0 Å². The lowest BCUT2D eigenvalue weighted by Gasteiger charge is -2.15. The second-order valence-electron chi connectivity index (χ2n) is 4.80. The molecule has 1 atom stereocenters. The summed E-state index contributed by atoms with van der Waals surface area (Å²) in [6.45, 7) is 1.39. The minimum absolute atomic E-state index is 0.0373. The summed E-state index contributed by atoms with van der Waals surface area (Å²) >= 11 is 17.7. The van der Waals surface area contributed by atoms with Gasteiger partial charge in [0.15, 0.2) is 6.10 Å². The van der Waals surface area contributed by atoms with Crippen LogP contribution >= 0.6 is 34.8 Å². The predicted octanol–water partition coefficient (Wildman–Crippen LogP) is 4.54. The maximum absolute atomic E-state index is 12.1. The lowest BCUT2D eigenvalue weighted by atomic mass is 10.2. The number of nitrogens with one attached hydrogen (secondary N) is 1. The zero-order chi connectivity index (χ0) is 17.9. The van der Waals surface area contributed by atoms with Gasteiger partial charge in [-0.2, -0.15) is 0 Å². The number of ether oxygens (including phenoxy) is 1. The number of esters is 1. The average Bonchev–Trinajstić information content (AvgIpc) is 2.52. The highest BCUT2D eigenvalue weighted by Gasteiger charge is 2.21. The first-order valence-corrected chi connectivity index (χ1v) is 7.87. The summed E-state index contributed by atoms with van der Waals surface area (Å²) < 4.78 is 5.03. The van der Waals surface area contributed by atoms with Crippen molar-refractivity contribution in [2.45, 2.75) is 13.0 Å². The second kappa shape index (κ2) is 7.75. The van der Waals surface area contributed by atoms with Gasteiger partial charge in [-0.3, -0.25) is 4.79 Å². The fourth-order valence-corrected chi connectivity index (χ4v) is 2.37. The number of benzene rings is 2. The molecule has 0 aliphatic heterocycles. The van der Waals surface area contributed by atoms with Crippen LogP contribution in [0.5, 0.6) is 5.75 Å². The molecule has 0 spiro atoms. The van der Waals surface area contributed by atoms with Gasteiger partial charge in [0.2, 0.25) is 0 Å². The van der Waals surface area contributed by atoms with E-state index in [4.69, 9.17) is 39.5 Å². The van der Waals surface area contributed by atoms with Gasteiger partial charge in [0.05, 0.1) is 20.8 Å². The van der Waals surface area contributed by atoms with E-state index in [0.29, 0.717) is 0 Å². The van der Waals surface area contributed by atoms with E-state index in [9.17, 15) is 14.7 Å². The Bertz CT molecular complexity index is 795. The molecule has 2 aromatic rings. The second-order valence-corrected chi connectivity index (χ2v) is 6.02. The van der Waals surface area contributed by atoms with Crippen molar-refractivity contribution in [3.63, 3.8) is 0 Å². The third kappa shape index (κ3) is 4.32. The first-order chi connectivity index (χ1) is 11.3. The normalized spacial score (nSPS) is 11.7. The van der Waals surface area contributed by atoms with Crippen LogP contribution in [-0.4, -0.2) is 23.1 Å². The SMILES string of the molecule is C[C@@H](OC(=O)c1ccccc1O)C(=O)Nc1cc(Cl)c(Cl)cc1Cl. The Labute approximate surface area is 153 Å². The Morgan fingerprint density at radius 2 is 1.71 bits per heavy atom. The molecule has 1 amide bonds. The number of rotatable bonds is 4. The molecule has 8 heteroatoms. The quantitative estimate of drug-likeness (QED) is 0.596. The minimum Gasteiger partial charge on any atom is -0.507 e. The average molecular weight is 389 g/mol. The standard InChI is InChI=1S/C16H12Cl3NO4/c1-8(24-16(23)9-4-2-3-5-14(9)21)15(22)20-13-7-11(18)10(17)6-12(13)19/h2-8,21H,1H3,(H,20,22)/t8-/m1/s1. The molecule has 0 aliphatic rings. The van der Waals surface area contributed by atoms with Gasteiger partial charge in [-0.25, -0.2) is 4.79 Å². The molecule has 0 saturated heterocycles. The number of phenols is 1. The number of carbonyl (C=O) groups is 2. The van der Waals surface area contributed by atoms with Crippen molar-refractivity contribution in [3.8, 4) is 5.75 Å². The van der Waals surface area contributed by atoms with Crippen LogP contribution in [0.1, 0.15) is 17.3 Å². The topological polar surface area (TPSA) is 75.6 Å². The Kier molecular flexibility index (Phi) is 5.94. The van der Waals surface area contributed by atoms with Crippen molar-refractivity contribution < 1.29 is 19.4 Å². The van der Waals surface area contributed by atoms with E-state index in [1.165, 1.54) is 31.2 Å². The molecular formula is C16H12Cl3NO4. The van der Waals surface area contributed by atoms with E-state index in [1.54, 1.807) is 12.1 Å². The lowest BCUT2D eigenvalue weighted by molar-refractivity contribution is -0.123. The van der Waals surface area contributed by atoms with Gasteiger partial charge in [0, 0.05) is 0 Å². The number of amides is 1. The Hall–Kier alpha value is -1.95. The van der Waals surface area contributed by atoms with Crippen molar-refractivity contribution in [2.24, 2.45) is 0 Å². The van der Waals surface area contributed by atoms with E-state index < -0.39 is 18.0 Å². The highest BCUT2D eigenvalue weighted by Crippen LogP contribution is 2.32. The molecule has 2 aromatic carbocycles. The van der Waals surface area contributed by atoms with Crippen LogP contribution in [0, 0.1) is 0 Å². The van der Waals surface area contributed by atoms with Crippen LogP contribution in [0.3, 0.4) is 0 Å². The molecule has 0 aliphatic carbocycles. The van der Waals surface area contributed by atoms with Gasteiger partial charge in [-0.15, -0.1) is 0 Å². The summed E-state index contributed by atoms with van der Waals surface area (Å²) in [5.41, 5.74) is 0.200. The van der Waals surface area contributed by atoms with Crippen molar-refractivity contribution in [1.29, 1.82) is 0 Å². The molecule has 0 fully saturated rings. The van der Waals surface area contributed by atoms with Crippen molar-refractivity contribution in [2.75, 3.05) is 5.32 Å². The molecular weight excluding hydrogens is 377 g/mol. The summed E-state index contributed by atoms with van der Waals surface area (Å²) in [5.74, 6) is -1.67. The number of para-hydroxylation sites is 1. The molecule has 5 nitrogen and oxygen atoms in total. The first kappa shape index (κ1) is 18.4. The molecule has 0 unspecified atom stereocenters. The molecule has 0 aromatic heterocycles. The van der Waals surface area contributed by atoms with Crippen LogP contribution in [0.4, 0.5) is 5.69 Å². The summed E-state index contributed by atoms with van der Waals surface area (Å²) in [4.78, 5) is 24.1. The highest BCUT2D eigenvalue weighted by atomic mass is 35.5. The maximum atomic E-state index is 12.1. The summed E-state index contributed by atoms with van der Waals surface area (Å²) in [7, 11) is 0. The van der Waals surface area contributed by atoms with E-state index in [2.05, 4.69) is 5.32 Å². The molecule has 0 heterocycles. The number of anilines is 1. The highest BCUT2D eigenvalue weighted by molar-refractivity contribution is 6.44. The minimum atomic E-state index is -1.12. The van der Waals surface area contributed by atoms with E-state index >= 15 is 0 Å². The van der Waals surface area contributed by atoms with Crippen LogP contribution in [0.15, 0.2) is 36.4 Å². The molecule has 126 valence electrons. The number of hydrogen-bond donors (Lipinski definition) is 2. The number of halogens is 3. The van der Waals surface area contributed by atoms with Crippen molar-refractivity contribution in [1.82, 2.24) is 0 Å². The largest absolute Gasteiger partial charge is 0.507 e. The van der Waals surface area contributed by atoms with Gasteiger partial charge in [-0.05, 0) is 31.2 Å². The molecule has 24 heavy (non-hydrogen) atoms. The Balaban J connectivity index is 2.06. The van der Waals surface area contributed by atoms with Crippen LogP contribution < -0.4 is 5.32 Å². The number of aromatic hydroxyl groups is 1. The molecule has 0 radical (unpaired) electrons. The maximum Gasteiger partial charge on any atom is 0.342 e. The van der Waals surface area contributed by atoms with Gasteiger partial charge in [-0.1, -0.05) is 46.9 Å². The third-order valence-corrected chi connectivity index (χ3v) is 4.08. The third-order valence-electron chi connectivity index (χ3n) is 3.04. The van der Waals surface area contributed by atoms with E-state index in [-0.39, 0.29) is 32.1 Å². The van der Waals surface area contributed by atoms with Crippen LogP contribution in [0.25, 0.3) is 0 Å². The molecule has 2 rings (SSSR count). The number of carbonyl (C=O) groups excluding carboxylic acids is 2. The zero-order valence-electron chi connectivity index (χ0n) is 12.3. The fourth-order valence-electron chi connectivity index (χ4n) is 1.78. The monoisotopic (exact) mass is 387 g/mol. The summed E-state index contributed by atoms with van der Waals surface area (Å²) in [6.07, 6.45) is -1.12. The van der Waals surface area contributed by atoms with Gasteiger partial charge in [0.1, 0.15) is 11.3 Å². The van der Waals surface area contributed by atoms with Gasteiger partial charge in [0.25, 0.3) is 5.91 Å². The summed E-state index contributed by atoms with van der Waals surface area (Å²) in [6, 6.07) is 8.64. The predicted molar refractivity (Wildman–Crippen MR) is 93.1 cm³/mol. The van der Waals surface area contributed by atoms with Crippen LogP contribution in [0.2, 0.25) is 15.1 Å².